The molecule has 0 aliphatic heterocycles. The average molecular weight is 193 g/mol. The van der Waals surface area contributed by atoms with Crippen molar-refractivity contribution in [3.8, 4) is 0 Å². The lowest BCUT2D eigenvalue weighted by atomic mass is 10.1. The van der Waals surface area contributed by atoms with Gasteiger partial charge in [0.2, 0.25) is 0 Å². The van der Waals surface area contributed by atoms with Crippen LogP contribution in [-0.4, -0.2) is 16.9 Å². The SMILES string of the molecule is CC(=S)N(C)C(C)c1ccccc1. The molecule has 0 N–H and O–H groups in total. The predicted molar refractivity (Wildman–Crippen MR) is 60.9 cm³/mol. The van der Waals surface area contributed by atoms with E-state index in [4.69, 9.17) is 12.2 Å². The Labute approximate surface area is 85.4 Å². The zero-order chi connectivity index (χ0) is 9.84. The molecule has 0 saturated heterocycles. The lowest BCUT2D eigenvalue weighted by Crippen LogP contribution is -2.25. The third-order valence-corrected chi connectivity index (χ3v) is 2.65. The largest absolute Gasteiger partial charge is 0.363 e. The highest BCUT2D eigenvalue weighted by molar-refractivity contribution is 7.80. The van der Waals surface area contributed by atoms with Crippen LogP contribution in [0.15, 0.2) is 30.3 Å². The average Bonchev–Trinajstić information content (AvgIpc) is 2.17. The quantitative estimate of drug-likeness (QED) is 0.664. The van der Waals surface area contributed by atoms with Gasteiger partial charge in [-0.05, 0) is 19.4 Å². The van der Waals surface area contributed by atoms with E-state index in [0.717, 1.165) is 4.99 Å². The van der Waals surface area contributed by atoms with Gasteiger partial charge in [0.15, 0.2) is 0 Å². The monoisotopic (exact) mass is 193 g/mol. The van der Waals surface area contributed by atoms with Crippen LogP contribution in [0.4, 0.5) is 0 Å². The van der Waals surface area contributed by atoms with Gasteiger partial charge in [-0.1, -0.05) is 42.5 Å². The molecular formula is C11H15NS. The number of nitrogens with zero attached hydrogens (tertiary/aromatic N) is 1. The molecule has 0 saturated carbocycles. The topological polar surface area (TPSA) is 3.24 Å². The van der Waals surface area contributed by atoms with Crippen LogP contribution in [0.25, 0.3) is 0 Å². The fourth-order valence-electron chi connectivity index (χ4n) is 1.23. The molecule has 70 valence electrons. The number of hydrogen-bond donors (Lipinski definition) is 0. The first-order valence-corrected chi connectivity index (χ1v) is 4.82. The van der Waals surface area contributed by atoms with Crippen molar-refractivity contribution in [2.75, 3.05) is 7.05 Å². The Morgan fingerprint density at radius 2 is 1.85 bits per heavy atom. The maximum atomic E-state index is 5.12. The van der Waals surface area contributed by atoms with Crippen molar-refractivity contribution in [3.63, 3.8) is 0 Å². The molecule has 0 bridgehead atoms. The van der Waals surface area contributed by atoms with Crippen molar-refractivity contribution in [1.82, 2.24) is 4.90 Å². The number of benzene rings is 1. The van der Waals surface area contributed by atoms with E-state index in [1.807, 2.05) is 20.0 Å². The maximum absolute atomic E-state index is 5.12. The van der Waals surface area contributed by atoms with Gasteiger partial charge in [0, 0.05) is 7.05 Å². The minimum atomic E-state index is 0.360. The second-order valence-electron chi connectivity index (χ2n) is 3.22. The standard InChI is InChI=1S/C11H15NS/c1-9(12(3)10(2)13)11-7-5-4-6-8-11/h4-9H,1-3H3. The zero-order valence-corrected chi connectivity index (χ0v) is 9.14. The van der Waals surface area contributed by atoms with Gasteiger partial charge in [-0.2, -0.15) is 0 Å². The molecule has 1 unspecified atom stereocenters. The first-order valence-electron chi connectivity index (χ1n) is 4.41. The number of thiocarbonyl (C=S) groups is 1. The van der Waals surface area contributed by atoms with Crippen LogP contribution in [-0.2, 0) is 0 Å². The van der Waals surface area contributed by atoms with Crippen molar-refractivity contribution in [1.29, 1.82) is 0 Å². The lowest BCUT2D eigenvalue weighted by molar-refractivity contribution is 0.407. The van der Waals surface area contributed by atoms with Crippen LogP contribution in [0.5, 0.6) is 0 Å². The maximum Gasteiger partial charge on any atom is 0.0750 e. The van der Waals surface area contributed by atoms with Gasteiger partial charge in [-0.15, -0.1) is 0 Å². The van der Waals surface area contributed by atoms with Gasteiger partial charge < -0.3 is 4.90 Å². The third kappa shape index (κ3) is 2.52. The molecule has 0 amide bonds. The van der Waals surface area contributed by atoms with Crippen LogP contribution in [0.3, 0.4) is 0 Å². The van der Waals surface area contributed by atoms with Gasteiger partial charge in [0.05, 0.1) is 11.0 Å². The Hall–Kier alpha value is -0.890. The van der Waals surface area contributed by atoms with Crippen molar-refractivity contribution >= 4 is 17.2 Å². The van der Waals surface area contributed by atoms with Crippen LogP contribution >= 0.6 is 12.2 Å². The summed E-state index contributed by atoms with van der Waals surface area (Å²) in [6, 6.07) is 10.7. The van der Waals surface area contributed by atoms with Crippen LogP contribution in [0.2, 0.25) is 0 Å². The zero-order valence-electron chi connectivity index (χ0n) is 8.32. The summed E-state index contributed by atoms with van der Waals surface area (Å²) < 4.78 is 0. The Morgan fingerprint density at radius 3 is 2.31 bits per heavy atom. The van der Waals surface area contributed by atoms with Gasteiger partial charge >= 0.3 is 0 Å². The Balaban J connectivity index is 2.79. The highest BCUT2D eigenvalue weighted by atomic mass is 32.1. The van der Waals surface area contributed by atoms with E-state index in [1.54, 1.807) is 0 Å². The van der Waals surface area contributed by atoms with Gasteiger partial charge in [0.1, 0.15) is 0 Å². The molecular weight excluding hydrogens is 178 g/mol. The molecule has 2 heteroatoms. The second kappa shape index (κ2) is 4.38. The lowest BCUT2D eigenvalue weighted by Gasteiger charge is -2.25. The molecule has 0 fully saturated rings. The summed E-state index contributed by atoms with van der Waals surface area (Å²) in [6.07, 6.45) is 0. The molecule has 1 aromatic rings. The van der Waals surface area contributed by atoms with E-state index in [1.165, 1.54) is 5.56 Å². The van der Waals surface area contributed by atoms with E-state index in [9.17, 15) is 0 Å². The van der Waals surface area contributed by atoms with Crippen molar-refractivity contribution in [3.05, 3.63) is 35.9 Å². The Bertz CT molecular complexity index is 281. The van der Waals surface area contributed by atoms with E-state index < -0.39 is 0 Å². The molecule has 1 rings (SSSR count). The summed E-state index contributed by atoms with van der Waals surface area (Å²) >= 11 is 5.12. The molecule has 0 aliphatic carbocycles. The summed E-state index contributed by atoms with van der Waals surface area (Å²) in [6.45, 7) is 4.11. The van der Waals surface area contributed by atoms with E-state index in [0.29, 0.717) is 6.04 Å². The third-order valence-electron chi connectivity index (χ3n) is 2.36. The van der Waals surface area contributed by atoms with Gasteiger partial charge in [0.25, 0.3) is 0 Å². The summed E-state index contributed by atoms with van der Waals surface area (Å²) in [5.74, 6) is 0. The van der Waals surface area contributed by atoms with Crippen molar-refractivity contribution in [2.45, 2.75) is 19.9 Å². The summed E-state index contributed by atoms with van der Waals surface area (Å²) in [5.41, 5.74) is 1.30. The van der Waals surface area contributed by atoms with Crippen LogP contribution in [0, 0.1) is 0 Å². The molecule has 13 heavy (non-hydrogen) atoms. The molecule has 0 spiro atoms. The summed E-state index contributed by atoms with van der Waals surface area (Å²) in [5, 5.41) is 0. The highest BCUT2D eigenvalue weighted by Gasteiger charge is 2.10. The molecule has 0 heterocycles. The summed E-state index contributed by atoms with van der Waals surface area (Å²) in [4.78, 5) is 3.03. The van der Waals surface area contributed by atoms with Gasteiger partial charge in [-0.3, -0.25) is 0 Å². The highest BCUT2D eigenvalue weighted by Crippen LogP contribution is 2.18. The van der Waals surface area contributed by atoms with Gasteiger partial charge in [-0.25, -0.2) is 0 Å². The minimum absolute atomic E-state index is 0.360. The minimum Gasteiger partial charge on any atom is -0.363 e. The molecule has 1 aromatic carbocycles. The van der Waals surface area contributed by atoms with Crippen molar-refractivity contribution in [2.24, 2.45) is 0 Å². The summed E-state index contributed by atoms with van der Waals surface area (Å²) in [7, 11) is 2.03. The van der Waals surface area contributed by atoms with Crippen LogP contribution < -0.4 is 0 Å². The second-order valence-corrected chi connectivity index (χ2v) is 3.81. The predicted octanol–water partition coefficient (Wildman–Crippen LogP) is 3.03. The fraction of sp³-hybridized carbons (Fsp3) is 0.364. The molecule has 0 aromatic heterocycles. The number of rotatable bonds is 2. The first-order chi connectivity index (χ1) is 6.13. The molecule has 0 radical (unpaired) electrons. The van der Waals surface area contributed by atoms with E-state index >= 15 is 0 Å². The normalized spacial score (nSPS) is 12.2. The van der Waals surface area contributed by atoms with E-state index in [2.05, 4.69) is 36.1 Å². The Morgan fingerprint density at radius 1 is 1.31 bits per heavy atom. The first kappa shape index (κ1) is 10.2. The van der Waals surface area contributed by atoms with Crippen LogP contribution in [0.1, 0.15) is 25.5 Å². The smallest absolute Gasteiger partial charge is 0.0750 e. The molecule has 0 aliphatic rings. The van der Waals surface area contributed by atoms with E-state index in [-0.39, 0.29) is 0 Å². The number of hydrogen-bond acceptors (Lipinski definition) is 1. The van der Waals surface area contributed by atoms with Crippen molar-refractivity contribution < 1.29 is 0 Å². The fourth-order valence-corrected chi connectivity index (χ4v) is 1.39. The molecule has 1 nitrogen and oxygen atoms in total. The Kier molecular flexibility index (Phi) is 3.43. The molecule has 1 atom stereocenters.